The molecule has 0 bridgehead atoms. The van der Waals surface area contributed by atoms with Crippen molar-refractivity contribution in [1.29, 1.82) is 0 Å². The Morgan fingerprint density at radius 3 is 2.54 bits per heavy atom. The van der Waals surface area contributed by atoms with E-state index in [1.807, 2.05) is 6.08 Å². The second kappa shape index (κ2) is 7.91. The average Bonchev–Trinajstić information content (AvgIpc) is 2.77. The van der Waals surface area contributed by atoms with E-state index < -0.39 is 0 Å². The molecule has 3 atom stereocenters. The average molecular weight is 454 g/mol. The molecule has 0 saturated carbocycles. The fraction of sp³-hybridized carbons (Fsp3) is 0.545. The number of rotatable bonds is 6. The number of halogens is 2. The molecule has 0 spiro atoms. The molecule has 0 amide bonds. The van der Waals surface area contributed by atoms with Gasteiger partial charge in [0.2, 0.25) is 0 Å². The molecule has 2 aliphatic carbocycles. The smallest absolute Gasteiger partial charge is 0.0392 e. The molecule has 132 valence electrons. The van der Waals surface area contributed by atoms with Crippen LogP contribution in [0.1, 0.15) is 53.9 Å². The highest BCUT2D eigenvalue weighted by atomic mass is 79.9. The number of hydrogen-bond acceptors (Lipinski definition) is 0. The Kier molecular flexibility index (Phi) is 6.58. The third-order valence-electron chi connectivity index (χ3n) is 5.63. The summed E-state index contributed by atoms with van der Waals surface area (Å²) in [4.78, 5) is 0.938. The third kappa shape index (κ3) is 3.60. The zero-order chi connectivity index (χ0) is 18.1. The summed E-state index contributed by atoms with van der Waals surface area (Å²) in [5, 5.41) is 0. The van der Waals surface area contributed by atoms with Crippen molar-refractivity contribution in [3.05, 3.63) is 58.7 Å². The molecule has 0 aromatic heterocycles. The van der Waals surface area contributed by atoms with Gasteiger partial charge in [0.05, 0.1) is 0 Å². The topological polar surface area (TPSA) is 0 Å². The maximum Gasteiger partial charge on any atom is 0.0392 e. The summed E-state index contributed by atoms with van der Waals surface area (Å²) in [6.07, 6.45) is 12.5. The van der Waals surface area contributed by atoms with Crippen molar-refractivity contribution in [3.8, 4) is 0 Å². The van der Waals surface area contributed by atoms with Crippen LogP contribution in [0.15, 0.2) is 58.7 Å². The predicted molar refractivity (Wildman–Crippen MR) is 115 cm³/mol. The van der Waals surface area contributed by atoms with Crippen molar-refractivity contribution in [2.45, 2.75) is 63.5 Å². The van der Waals surface area contributed by atoms with Gasteiger partial charge in [-0.05, 0) is 54.4 Å². The van der Waals surface area contributed by atoms with Crippen molar-refractivity contribution in [2.75, 3.05) is 0 Å². The number of allylic oxidation sites excluding steroid dienone is 9. The predicted octanol–water partition coefficient (Wildman–Crippen LogP) is 7.67. The second-order valence-corrected chi connectivity index (χ2v) is 9.71. The van der Waals surface area contributed by atoms with Gasteiger partial charge in [-0.1, -0.05) is 96.0 Å². The minimum atomic E-state index is 0.0949. The first-order valence-electron chi connectivity index (χ1n) is 9.03. The van der Waals surface area contributed by atoms with Gasteiger partial charge in [0, 0.05) is 15.1 Å². The van der Waals surface area contributed by atoms with E-state index >= 15 is 0 Å². The summed E-state index contributed by atoms with van der Waals surface area (Å²) in [6.45, 7) is 15.5. The summed E-state index contributed by atoms with van der Waals surface area (Å²) >= 11 is 7.65. The van der Waals surface area contributed by atoms with Gasteiger partial charge in [0.1, 0.15) is 0 Å². The molecule has 0 aromatic carbocycles. The van der Waals surface area contributed by atoms with Gasteiger partial charge in [0.25, 0.3) is 0 Å². The van der Waals surface area contributed by atoms with E-state index in [2.05, 4.69) is 91.3 Å². The van der Waals surface area contributed by atoms with Crippen LogP contribution >= 0.6 is 31.9 Å². The van der Waals surface area contributed by atoms with Crippen molar-refractivity contribution in [2.24, 2.45) is 11.3 Å². The van der Waals surface area contributed by atoms with E-state index in [-0.39, 0.29) is 5.41 Å². The first-order valence-corrected chi connectivity index (χ1v) is 10.9. The minimum Gasteiger partial charge on any atom is -0.0988 e. The molecule has 0 heterocycles. The minimum absolute atomic E-state index is 0.0949. The first-order chi connectivity index (χ1) is 11.3. The molecule has 2 heteroatoms. The molecule has 0 nitrogen and oxygen atoms in total. The van der Waals surface area contributed by atoms with Crippen LogP contribution in [0.2, 0.25) is 0 Å². The SMILES string of the molecule is C=C/C(=C\C1=C(C)C2=C(C[C@H](C(Br)CC)C=C2)C1(C)C)C(Br)CC. The molecule has 2 unspecified atom stereocenters. The van der Waals surface area contributed by atoms with Gasteiger partial charge in [0.15, 0.2) is 0 Å². The maximum atomic E-state index is 4.03. The van der Waals surface area contributed by atoms with E-state index in [1.54, 1.807) is 5.57 Å². The van der Waals surface area contributed by atoms with E-state index in [0.717, 1.165) is 12.8 Å². The molecule has 0 aromatic rings. The lowest BCUT2D eigenvalue weighted by Crippen LogP contribution is -2.22. The Balaban J connectivity index is 2.40. The Hall–Kier alpha value is -0.340. The Labute approximate surface area is 165 Å². The van der Waals surface area contributed by atoms with Gasteiger partial charge in [-0.3, -0.25) is 0 Å². The van der Waals surface area contributed by atoms with Crippen molar-refractivity contribution < 1.29 is 0 Å². The zero-order valence-electron chi connectivity index (χ0n) is 15.6. The fourth-order valence-corrected chi connectivity index (χ4v) is 4.66. The van der Waals surface area contributed by atoms with Gasteiger partial charge >= 0.3 is 0 Å². The van der Waals surface area contributed by atoms with E-state index in [9.17, 15) is 0 Å². The maximum absolute atomic E-state index is 4.03. The summed E-state index contributed by atoms with van der Waals surface area (Å²) in [5.41, 5.74) is 7.33. The lowest BCUT2D eigenvalue weighted by atomic mass is 9.74. The fourth-order valence-electron chi connectivity index (χ4n) is 3.97. The molecule has 2 aliphatic rings. The van der Waals surface area contributed by atoms with Crippen LogP contribution in [0.25, 0.3) is 0 Å². The highest BCUT2D eigenvalue weighted by Gasteiger charge is 2.39. The summed E-state index contributed by atoms with van der Waals surface area (Å²) in [5.74, 6) is 0.600. The normalized spacial score (nSPS) is 25.8. The van der Waals surface area contributed by atoms with Crippen LogP contribution in [-0.4, -0.2) is 9.65 Å². The van der Waals surface area contributed by atoms with Crippen LogP contribution in [0, 0.1) is 11.3 Å². The molecule has 0 aliphatic heterocycles. The highest BCUT2D eigenvalue weighted by Crippen LogP contribution is 2.53. The van der Waals surface area contributed by atoms with Crippen LogP contribution < -0.4 is 0 Å². The Bertz CT molecular complexity index is 628. The molecule has 2 rings (SSSR count). The third-order valence-corrected chi connectivity index (χ3v) is 8.13. The molecular formula is C22H30Br2. The molecular weight excluding hydrogens is 424 g/mol. The molecule has 0 N–H and O–H groups in total. The zero-order valence-corrected chi connectivity index (χ0v) is 18.8. The summed E-state index contributed by atoms with van der Waals surface area (Å²) in [7, 11) is 0. The Morgan fingerprint density at radius 2 is 2.00 bits per heavy atom. The van der Waals surface area contributed by atoms with Crippen LogP contribution in [0.5, 0.6) is 0 Å². The van der Waals surface area contributed by atoms with E-state index in [0.29, 0.717) is 15.6 Å². The number of hydrogen-bond donors (Lipinski definition) is 0. The van der Waals surface area contributed by atoms with Crippen molar-refractivity contribution in [1.82, 2.24) is 0 Å². The molecule has 0 saturated heterocycles. The quantitative estimate of drug-likeness (QED) is 0.285. The van der Waals surface area contributed by atoms with Gasteiger partial charge in [-0.25, -0.2) is 0 Å². The van der Waals surface area contributed by atoms with E-state index in [4.69, 9.17) is 0 Å². The lowest BCUT2D eigenvalue weighted by Gasteiger charge is -2.32. The van der Waals surface area contributed by atoms with Crippen LogP contribution in [0.4, 0.5) is 0 Å². The summed E-state index contributed by atoms with van der Waals surface area (Å²) in [6, 6.07) is 0. The van der Waals surface area contributed by atoms with Gasteiger partial charge < -0.3 is 0 Å². The van der Waals surface area contributed by atoms with Crippen molar-refractivity contribution >= 4 is 31.9 Å². The Morgan fingerprint density at radius 1 is 1.33 bits per heavy atom. The van der Waals surface area contributed by atoms with Gasteiger partial charge in [-0.15, -0.1) is 0 Å². The van der Waals surface area contributed by atoms with Crippen LogP contribution in [0.3, 0.4) is 0 Å². The molecule has 0 fully saturated rings. The van der Waals surface area contributed by atoms with Crippen molar-refractivity contribution in [3.63, 3.8) is 0 Å². The summed E-state index contributed by atoms with van der Waals surface area (Å²) < 4.78 is 0. The second-order valence-electron chi connectivity index (χ2n) is 7.43. The largest absolute Gasteiger partial charge is 0.0988 e. The van der Waals surface area contributed by atoms with E-state index in [1.165, 1.54) is 28.7 Å². The monoisotopic (exact) mass is 452 g/mol. The molecule has 24 heavy (non-hydrogen) atoms. The molecule has 0 radical (unpaired) electrons. The number of alkyl halides is 2. The highest BCUT2D eigenvalue weighted by molar-refractivity contribution is 9.09. The first kappa shape index (κ1) is 20.0. The standard InChI is InChI=1S/C22H30Br2/c1-7-15(20(23)8-2)12-18-14(4)17-11-10-16(21(24)9-3)13-19(17)22(18,5)6/h7,10-12,16,20-21H,1,8-9,13H2,2-6H3/b15-12+/t16-,20?,21?/m1/s1. The lowest BCUT2D eigenvalue weighted by molar-refractivity contribution is 0.484. The van der Waals surface area contributed by atoms with Crippen LogP contribution in [-0.2, 0) is 0 Å². The van der Waals surface area contributed by atoms with Gasteiger partial charge in [-0.2, -0.15) is 0 Å².